The largest absolute Gasteiger partial charge is 0.388 e. The highest BCUT2D eigenvalue weighted by molar-refractivity contribution is 5.63. The Morgan fingerprint density at radius 2 is 1.86 bits per heavy atom. The van der Waals surface area contributed by atoms with Crippen molar-refractivity contribution in [2.45, 2.75) is 6.10 Å². The van der Waals surface area contributed by atoms with Gasteiger partial charge in [-0.2, -0.15) is 0 Å². The topological polar surface area (TPSA) is 87.4 Å². The number of aliphatic hydroxyl groups excluding tert-OH is 1. The Labute approximate surface area is 122 Å². The molecule has 0 fully saturated rings. The van der Waals surface area contributed by atoms with Crippen LogP contribution in [0.25, 0.3) is 0 Å². The van der Waals surface area contributed by atoms with E-state index in [-0.39, 0.29) is 12.2 Å². The van der Waals surface area contributed by atoms with Crippen LogP contribution in [0, 0.1) is 10.1 Å². The van der Waals surface area contributed by atoms with E-state index in [1.54, 1.807) is 13.1 Å². The molecule has 0 aliphatic rings. The van der Waals surface area contributed by atoms with Gasteiger partial charge in [0.15, 0.2) is 0 Å². The van der Waals surface area contributed by atoms with Crippen LogP contribution in [0.5, 0.6) is 0 Å². The third kappa shape index (κ3) is 3.93. The van der Waals surface area contributed by atoms with Crippen LogP contribution in [0.2, 0.25) is 0 Å². The highest BCUT2D eigenvalue weighted by atomic mass is 16.6. The number of nitrogens with zero attached hydrogens (tertiary/aromatic N) is 1. The molecule has 0 heterocycles. The summed E-state index contributed by atoms with van der Waals surface area (Å²) in [6, 6.07) is 13.9. The molecule has 3 N–H and O–H groups in total. The summed E-state index contributed by atoms with van der Waals surface area (Å²) in [6.07, 6.45) is -0.677. The first-order valence-electron chi connectivity index (χ1n) is 6.54. The van der Waals surface area contributed by atoms with Crippen LogP contribution in [0.4, 0.5) is 17.1 Å². The van der Waals surface area contributed by atoms with Crippen molar-refractivity contribution in [3.63, 3.8) is 0 Å². The van der Waals surface area contributed by atoms with E-state index < -0.39 is 11.0 Å². The summed E-state index contributed by atoms with van der Waals surface area (Å²) < 4.78 is 0. The molecular weight excluding hydrogens is 270 g/mol. The Hall–Kier alpha value is -2.60. The number of nitrogens with one attached hydrogen (secondary N) is 2. The summed E-state index contributed by atoms with van der Waals surface area (Å²) in [4.78, 5) is 10.4. The van der Waals surface area contributed by atoms with Crippen LogP contribution in [0.1, 0.15) is 11.7 Å². The van der Waals surface area contributed by atoms with E-state index in [1.807, 2.05) is 30.3 Å². The Bertz CT molecular complexity index is 617. The van der Waals surface area contributed by atoms with Gasteiger partial charge in [0.2, 0.25) is 0 Å². The van der Waals surface area contributed by atoms with Gasteiger partial charge in [0.25, 0.3) is 5.69 Å². The highest BCUT2D eigenvalue weighted by Gasteiger charge is 2.11. The third-order valence-corrected chi connectivity index (χ3v) is 3.10. The molecule has 0 saturated carbocycles. The van der Waals surface area contributed by atoms with Crippen molar-refractivity contribution in [3.05, 3.63) is 64.2 Å². The fourth-order valence-corrected chi connectivity index (χ4v) is 1.97. The number of aliphatic hydroxyl groups is 1. The van der Waals surface area contributed by atoms with Gasteiger partial charge < -0.3 is 15.7 Å². The van der Waals surface area contributed by atoms with Gasteiger partial charge in [-0.1, -0.05) is 30.3 Å². The molecule has 1 atom stereocenters. The van der Waals surface area contributed by atoms with Gasteiger partial charge in [-0.3, -0.25) is 10.1 Å². The highest BCUT2D eigenvalue weighted by Crippen LogP contribution is 2.24. The summed E-state index contributed by atoms with van der Waals surface area (Å²) in [5, 5.41) is 26.8. The minimum absolute atomic E-state index is 0.00134. The Balaban J connectivity index is 2.09. The van der Waals surface area contributed by atoms with Crippen molar-refractivity contribution in [2.24, 2.45) is 0 Å². The number of hydrogen-bond donors (Lipinski definition) is 3. The fraction of sp³-hybridized carbons (Fsp3) is 0.200. The number of benzene rings is 2. The second-order valence-corrected chi connectivity index (χ2v) is 4.58. The lowest BCUT2D eigenvalue weighted by Crippen LogP contribution is -2.12. The number of nitro benzene ring substituents is 1. The zero-order valence-corrected chi connectivity index (χ0v) is 11.6. The van der Waals surface area contributed by atoms with Crippen molar-refractivity contribution >= 4 is 17.1 Å². The fourth-order valence-electron chi connectivity index (χ4n) is 1.97. The summed E-state index contributed by atoms with van der Waals surface area (Å²) in [5.41, 5.74) is 2.02. The first-order chi connectivity index (χ1) is 10.1. The van der Waals surface area contributed by atoms with Gasteiger partial charge in [0.05, 0.1) is 11.0 Å². The zero-order valence-electron chi connectivity index (χ0n) is 11.6. The van der Waals surface area contributed by atoms with E-state index in [9.17, 15) is 15.2 Å². The van der Waals surface area contributed by atoms with E-state index in [1.165, 1.54) is 12.1 Å². The predicted octanol–water partition coefficient (Wildman–Crippen LogP) is 2.78. The van der Waals surface area contributed by atoms with Crippen LogP contribution in [0.15, 0.2) is 48.5 Å². The molecule has 2 aromatic carbocycles. The molecule has 0 aromatic heterocycles. The molecule has 0 aliphatic carbocycles. The molecule has 0 radical (unpaired) electrons. The summed E-state index contributed by atoms with van der Waals surface area (Å²) in [6.45, 7) is 0.272. The number of rotatable bonds is 6. The van der Waals surface area contributed by atoms with Crippen LogP contribution in [-0.2, 0) is 0 Å². The molecule has 0 bridgehead atoms. The molecule has 1 unspecified atom stereocenters. The minimum atomic E-state index is -0.677. The van der Waals surface area contributed by atoms with Gasteiger partial charge >= 0.3 is 0 Å². The number of non-ortho nitro benzene ring substituents is 1. The summed E-state index contributed by atoms with van der Waals surface area (Å²) in [5.74, 6) is 0. The summed E-state index contributed by atoms with van der Waals surface area (Å²) in [7, 11) is 1.70. The molecule has 0 spiro atoms. The lowest BCUT2D eigenvalue weighted by Gasteiger charge is -2.14. The zero-order chi connectivity index (χ0) is 15.2. The SMILES string of the molecule is CNc1cc(NCC(O)c2ccccc2)cc([N+](=O)[O-])c1. The lowest BCUT2D eigenvalue weighted by molar-refractivity contribution is -0.384. The van der Waals surface area contributed by atoms with E-state index in [0.717, 1.165) is 5.56 Å². The number of anilines is 2. The van der Waals surface area contributed by atoms with Gasteiger partial charge in [0, 0.05) is 37.1 Å². The molecule has 21 heavy (non-hydrogen) atoms. The summed E-state index contributed by atoms with van der Waals surface area (Å²) >= 11 is 0. The standard InChI is InChI=1S/C15H17N3O3/c1-16-12-7-13(9-14(8-12)18(20)21)17-10-15(19)11-5-3-2-4-6-11/h2-9,15-17,19H,10H2,1H3. The molecule has 2 aromatic rings. The minimum Gasteiger partial charge on any atom is -0.388 e. The maximum Gasteiger partial charge on any atom is 0.273 e. The quantitative estimate of drug-likeness (QED) is 0.561. The van der Waals surface area contributed by atoms with Crippen molar-refractivity contribution in [2.75, 3.05) is 24.2 Å². The Morgan fingerprint density at radius 3 is 2.48 bits per heavy atom. The van der Waals surface area contributed by atoms with Gasteiger partial charge in [-0.15, -0.1) is 0 Å². The van der Waals surface area contributed by atoms with E-state index in [0.29, 0.717) is 11.4 Å². The maximum atomic E-state index is 10.9. The van der Waals surface area contributed by atoms with Gasteiger partial charge in [0.1, 0.15) is 0 Å². The maximum absolute atomic E-state index is 10.9. The number of nitro groups is 1. The van der Waals surface area contributed by atoms with E-state index in [2.05, 4.69) is 10.6 Å². The van der Waals surface area contributed by atoms with Gasteiger partial charge in [-0.05, 0) is 11.6 Å². The average molecular weight is 287 g/mol. The first-order valence-corrected chi connectivity index (χ1v) is 6.54. The molecule has 0 saturated heterocycles. The molecule has 6 nitrogen and oxygen atoms in total. The molecule has 2 rings (SSSR count). The first kappa shape index (κ1) is 14.8. The van der Waals surface area contributed by atoms with E-state index >= 15 is 0 Å². The van der Waals surface area contributed by atoms with Crippen LogP contribution in [-0.4, -0.2) is 23.6 Å². The number of hydrogen-bond acceptors (Lipinski definition) is 5. The second kappa shape index (κ2) is 6.71. The monoisotopic (exact) mass is 287 g/mol. The normalized spacial score (nSPS) is 11.7. The molecule has 0 amide bonds. The predicted molar refractivity (Wildman–Crippen MR) is 82.5 cm³/mol. The van der Waals surface area contributed by atoms with E-state index in [4.69, 9.17) is 0 Å². The van der Waals surface area contributed by atoms with Crippen molar-refractivity contribution in [1.29, 1.82) is 0 Å². The van der Waals surface area contributed by atoms with Crippen molar-refractivity contribution < 1.29 is 10.0 Å². The van der Waals surface area contributed by atoms with Crippen molar-refractivity contribution in [3.8, 4) is 0 Å². The van der Waals surface area contributed by atoms with Crippen molar-refractivity contribution in [1.82, 2.24) is 0 Å². The van der Waals surface area contributed by atoms with Crippen LogP contribution >= 0.6 is 0 Å². The smallest absolute Gasteiger partial charge is 0.273 e. The molecule has 110 valence electrons. The van der Waals surface area contributed by atoms with Gasteiger partial charge in [-0.25, -0.2) is 0 Å². The third-order valence-electron chi connectivity index (χ3n) is 3.10. The molecular formula is C15H17N3O3. The van der Waals surface area contributed by atoms with Crippen LogP contribution < -0.4 is 10.6 Å². The average Bonchev–Trinajstić information content (AvgIpc) is 2.53. The Kier molecular flexibility index (Phi) is 4.73. The van der Waals surface area contributed by atoms with Crippen LogP contribution in [0.3, 0.4) is 0 Å². The second-order valence-electron chi connectivity index (χ2n) is 4.58. The Morgan fingerprint density at radius 1 is 1.19 bits per heavy atom. The molecule has 0 aliphatic heterocycles. The lowest BCUT2D eigenvalue weighted by atomic mass is 10.1. The molecule has 6 heteroatoms.